The Balaban J connectivity index is 1.38. The van der Waals surface area contributed by atoms with Gasteiger partial charge < -0.3 is 14.6 Å². The van der Waals surface area contributed by atoms with Crippen molar-refractivity contribution < 1.29 is 13.9 Å². The quantitative estimate of drug-likeness (QED) is 0.750. The lowest BCUT2D eigenvalue weighted by Gasteiger charge is -2.44. The molecule has 1 amide bonds. The number of likely N-dealkylation sites (tertiary alicyclic amines) is 1. The third-order valence-electron chi connectivity index (χ3n) is 6.23. The van der Waals surface area contributed by atoms with E-state index in [0.717, 1.165) is 63.3 Å². The summed E-state index contributed by atoms with van der Waals surface area (Å²) in [6.45, 7) is 4.59. The molecule has 0 saturated carbocycles. The third kappa shape index (κ3) is 4.48. The van der Waals surface area contributed by atoms with Gasteiger partial charge in [0.1, 0.15) is 11.6 Å². The fourth-order valence-corrected chi connectivity index (χ4v) is 4.43. The number of hydrogen-bond donors (Lipinski definition) is 1. The van der Waals surface area contributed by atoms with Gasteiger partial charge in [-0.25, -0.2) is 4.39 Å². The smallest absolute Gasteiger partial charge is 0.289 e. The molecule has 29 heavy (non-hydrogen) atoms. The lowest BCUT2D eigenvalue weighted by Crippen LogP contribution is -2.45. The molecule has 2 aromatic rings. The summed E-state index contributed by atoms with van der Waals surface area (Å²) in [7, 11) is 1.61. The van der Waals surface area contributed by atoms with Gasteiger partial charge in [-0.1, -0.05) is 12.1 Å². The number of nitrogens with one attached hydrogen (secondary N) is 1. The molecule has 0 bridgehead atoms. The molecular formula is C21H28FN5O2. The fraction of sp³-hybridized carbons (Fsp3) is 0.571. The number of halogens is 1. The van der Waals surface area contributed by atoms with E-state index in [1.165, 1.54) is 12.1 Å². The molecule has 1 saturated heterocycles. The van der Waals surface area contributed by atoms with Gasteiger partial charge in [0.2, 0.25) is 5.82 Å². The van der Waals surface area contributed by atoms with Crippen LogP contribution in [0.25, 0.3) is 0 Å². The Labute approximate surface area is 170 Å². The zero-order valence-corrected chi connectivity index (χ0v) is 16.9. The highest BCUT2D eigenvalue weighted by molar-refractivity contribution is 5.90. The highest BCUT2D eigenvalue weighted by atomic mass is 19.1. The second-order valence-electron chi connectivity index (χ2n) is 8.18. The van der Waals surface area contributed by atoms with Crippen LogP contribution in [-0.4, -0.2) is 58.9 Å². The number of carbonyl (C=O) groups is 1. The van der Waals surface area contributed by atoms with Crippen LogP contribution in [-0.2, 0) is 24.2 Å². The van der Waals surface area contributed by atoms with Crippen molar-refractivity contribution in [3.63, 3.8) is 0 Å². The van der Waals surface area contributed by atoms with Crippen LogP contribution in [0.15, 0.2) is 24.3 Å². The van der Waals surface area contributed by atoms with Crippen LogP contribution in [0.1, 0.15) is 41.3 Å². The van der Waals surface area contributed by atoms with E-state index in [2.05, 4.69) is 20.4 Å². The van der Waals surface area contributed by atoms with Crippen molar-refractivity contribution in [2.45, 2.75) is 38.8 Å². The number of rotatable bonds is 6. The van der Waals surface area contributed by atoms with Gasteiger partial charge in [0.05, 0.1) is 6.61 Å². The van der Waals surface area contributed by atoms with Gasteiger partial charge in [-0.15, -0.1) is 10.2 Å². The number of benzene rings is 1. The van der Waals surface area contributed by atoms with Gasteiger partial charge in [0.25, 0.3) is 5.91 Å². The summed E-state index contributed by atoms with van der Waals surface area (Å²) in [6, 6.07) is 6.76. The Bertz CT molecular complexity index is 843. The first-order valence-electron chi connectivity index (χ1n) is 10.2. The number of carbonyl (C=O) groups excluding carboxylic acids is 1. The highest BCUT2D eigenvalue weighted by Gasteiger charge is 2.39. The lowest BCUT2D eigenvalue weighted by atomic mass is 9.73. The van der Waals surface area contributed by atoms with Crippen LogP contribution in [0.5, 0.6) is 0 Å². The topological polar surface area (TPSA) is 72.3 Å². The average molecular weight is 401 g/mol. The number of aromatic nitrogens is 3. The van der Waals surface area contributed by atoms with E-state index >= 15 is 0 Å². The van der Waals surface area contributed by atoms with Crippen molar-refractivity contribution in [3.8, 4) is 0 Å². The Morgan fingerprint density at radius 3 is 2.69 bits per heavy atom. The highest BCUT2D eigenvalue weighted by Crippen LogP contribution is 2.41. The molecule has 2 aliphatic rings. The molecule has 8 heteroatoms. The first-order chi connectivity index (χ1) is 14.1. The van der Waals surface area contributed by atoms with Crippen LogP contribution >= 0.6 is 0 Å². The minimum absolute atomic E-state index is 0.188. The van der Waals surface area contributed by atoms with E-state index in [1.54, 1.807) is 7.11 Å². The predicted octanol–water partition coefficient (Wildman–Crippen LogP) is 2.02. The minimum Gasteiger partial charge on any atom is -0.383 e. The maximum atomic E-state index is 13.1. The van der Waals surface area contributed by atoms with Gasteiger partial charge in [-0.3, -0.25) is 9.69 Å². The largest absolute Gasteiger partial charge is 0.383 e. The van der Waals surface area contributed by atoms with E-state index in [1.807, 2.05) is 16.7 Å². The second-order valence-corrected chi connectivity index (χ2v) is 8.18. The monoisotopic (exact) mass is 401 g/mol. The van der Waals surface area contributed by atoms with Crippen LogP contribution in [0.3, 0.4) is 0 Å². The number of aryl methyl sites for hydroxylation is 1. The number of ether oxygens (including phenoxy) is 1. The normalized spacial score (nSPS) is 18.6. The standard InChI is InChI=1S/C21H28FN5O2/c1-29-13-10-23-20(28)19-25-24-18-6-7-21(15-27(18)19)8-11-26(12-9-21)14-16-2-4-17(22)5-3-16/h2-5H,6-15H2,1H3,(H,23,28). The third-order valence-corrected chi connectivity index (χ3v) is 6.23. The Morgan fingerprint density at radius 1 is 1.21 bits per heavy atom. The minimum atomic E-state index is -0.194. The molecule has 1 fully saturated rings. The van der Waals surface area contributed by atoms with Crippen molar-refractivity contribution >= 4 is 5.91 Å². The Morgan fingerprint density at radius 2 is 1.97 bits per heavy atom. The lowest BCUT2D eigenvalue weighted by molar-refractivity contribution is 0.0617. The maximum Gasteiger partial charge on any atom is 0.289 e. The molecule has 1 spiro atoms. The number of amides is 1. The summed E-state index contributed by atoms with van der Waals surface area (Å²) in [5.74, 6) is 0.928. The number of nitrogens with zero attached hydrogens (tertiary/aromatic N) is 4. The molecule has 7 nitrogen and oxygen atoms in total. The molecule has 1 aromatic carbocycles. The van der Waals surface area contributed by atoms with Crippen LogP contribution < -0.4 is 5.32 Å². The summed E-state index contributed by atoms with van der Waals surface area (Å²) in [6.07, 6.45) is 4.10. The number of methoxy groups -OCH3 is 1. The number of hydrogen-bond acceptors (Lipinski definition) is 5. The molecule has 0 atom stereocenters. The van der Waals surface area contributed by atoms with Gasteiger partial charge in [-0.05, 0) is 55.5 Å². The summed E-state index contributed by atoms with van der Waals surface area (Å²) < 4.78 is 20.1. The molecule has 2 aliphatic heterocycles. The molecule has 0 unspecified atom stereocenters. The predicted molar refractivity (Wildman–Crippen MR) is 106 cm³/mol. The van der Waals surface area contributed by atoms with Gasteiger partial charge in [0.15, 0.2) is 0 Å². The van der Waals surface area contributed by atoms with Crippen LogP contribution in [0, 0.1) is 11.2 Å². The van der Waals surface area contributed by atoms with Crippen molar-refractivity contribution in [1.29, 1.82) is 0 Å². The Kier molecular flexibility index (Phi) is 5.91. The average Bonchev–Trinajstić information content (AvgIpc) is 3.14. The van der Waals surface area contributed by atoms with Crippen molar-refractivity contribution in [1.82, 2.24) is 25.0 Å². The molecule has 4 rings (SSSR count). The Hall–Kier alpha value is -2.32. The van der Waals surface area contributed by atoms with E-state index < -0.39 is 0 Å². The first kappa shape index (κ1) is 20.0. The van der Waals surface area contributed by atoms with Gasteiger partial charge in [-0.2, -0.15) is 0 Å². The zero-order chi connectivity index (χ0) is 20.3. The molecular weight excluding hydrogens is 373 g/mol. The zero-order valence-electron chi connectivity index (χ0n) is 16.9. The van der Waals surface area contributed by atoms with Gasteiger partial charge in [0, 0.05) is 33.2 Å². The molecule has 0 aliphatic carbocycles. The number of fused-ring (bicyclic) bond motifs is 1. The summed E-state index contributed by atoms with van der Waals surface area (Å²) in [5.41, 5.74) is 1.33. The SMILES string of the molecule is COCCNC(=O)c1nnc2n1CC1(CC2)CCN(Cc2ccc(F)cc2)CC1. The van der Waals surface area contributed by atoms with Gasteiger partial charge >= 0.3 is 0 Å². The van der Waals surface area contributed by atoms with E-state index in [-0.39, 0.29) is 17.1 Å². The summed E-state index contributed by atoms with van der Waals surface area (Å²) >= 11 is 0. The summed E-state index contributed by atoms with van der Waals surface area (Å²) in [4.78, 5) is 14.9. The van der Waals surface area contributed by atoms with E-state index in [9.17, 15) is 9.18 Å². The maximum absolute atomic E-state index is 13.1. The van der Waals surface area contributed by atoms with Crippen molar-refractivity contribution in [2.24, 2.45) is 5.41 Å². The molecule has 1 aromatic heterocycles. The van der Waals surface area contributed by atoms with Crippen LogP contribution in [0.4, 0.5) is 4.39 Å². The van der Waals surface area contributed by atoms with E-state index in [4.69, 9.17) is 4.74 Å². The van der Waals surface area contributed by atoms with E-state index in [0.29, 0.717) is 19.0 Å². The van der Waals surface area contributed by atoms with Crippen molar-refractivity contribution in [2.75, 3.05) is 33.4 Å². The molecule has 156 valence electrons. The molecule has 0 radical (unpaired) electrons. The number of piperidine rings is 1. The van der Waals surface area contributed by atoms with Crippen LogP contribution in [0.2, 0.25) is 0 Å². The second kappa shape index (κ2) is 8.59. The summed E-state index contributed by atoms with van der Waals surface area (Å²) in [5, 5.41) is 11.2. The molecule has 3 heterocycles. The van der Waals surface area contributed by atoms with Crippen molar-refractivity contribution in [3.05, 3.63) is 47.3 Å². The molecule has 1 N–H and O–H groups in total. The first-order valence-corrected chi connectivity index (χ1v) is 10.2. The fourth-order valence-electron chi connectivity index (χ4n) is 4.43.